The van der Waals surface area contributed by atoms with Crippen molar-refractivity contribution in [3.05, 3.63) is 17.8 Å². The fourth-order valence-electron chi connectivity index (χ4n) is 1.47. The highest BCUT2D eigenvalue weighted by Gasteiger charge is 2.14. The van der Waals surface area contributed by atoms with Gasteiger partial charge in [-0.25, -0.2) is 9.97 Å². The Bertz CT molecular complexity index is 487. The van der Waals surface area contributed by atoms with Crippen LogP contribution >= 0.6 is 11.3 Å². The summed E-state index contributed by atoms with van der Waals surface area (Å²) < 4.78 is 0.967. The Labute approximate surface area is 91.8 Å². The predicted molar refractivity (Wildman–Crippen MR) is 61.8 cm³/mol. The van der Waals surface area contributed by atoms with E-state index in [2.05, 4.69) is 9.97 Å². The van der Waals surface area contributed by atoms with Gasteiger partial charge in [0.05, 0.1) is 10.3 Å². The molecule has 0 saturated heterocycles. The molecule has 80 valence electrons. The first-order chi connectivity index (χ1) is 6.94. The van der Waals surface area contributed by atoms with Crippen LogP contribution in [-0.4, -0.2) is 20.7 Å². The first-order valence-corrected chi connectivity index (χ1v) is 5.49. The Kier molecular flexibility index (Phi) is 2.36. The van der Waals surface area contributed by atoms with Gasteiger partial charge in [0, 0.05) is 12.6 Å². The maximum Gasteiger partial charge on any atom is 0.182 e. The van der Waals surface area contributed by atoms with Crippen LogP contribution in [0.3, 0.4) is 0 Å². The second-order valence-corrected chi connectivity index (χ2v) is 5.27. The number of nitrogen functional groups attached to an aromatic ring is 1. The molecule has 0 aromatic carbocycles. The number of aromatic nitrogens is 2. The number of hydrogen-bond acceptors (Lipinski definition) is 5. The minimum absolute atomic E-state index is 0.526. The fraction of sp³-hybridized carbons (Fsp3) is 0.400. The van der Waals surface area contributed by atoms with Crippen LogP contribution in [0.25, 0.3) is 10.3 Å². The van der Waals surface area contributed by atoms with Gasteiger partial charge in [0.25, 0.3) is 0 Å². The second-order valence-electron chi connectivity index (χ2n) is 4.21. The molecule has 0 radical (unpaired) electrons. The Morgan fingerprint density at radius 2 is 2.27 bits per heavy atom. The van der Waals surface area contributed by atoms with E-state index >= 15 is 0 Å². The monoisotopic (exact) mass is 223 g/mol. The van der Waals surface area contributed by atoms with Crippen LogP contribution in [0.4, 0.5) is 5.13 Å². The zero-order chi connectivity index (χ0) is 11.1. The summed E-state index contributed by atoms with van der Waals surface area (Å²) in [5.74, 6) is 0. The van der Waals surface area contributed by atoms with E-state index in [9.17, 15) is 5.11 Å². The number of thiazole rings is 1. The normalized spacial score (nSPS) is 12.2. The molecule has 0 aliphatic carbocycles. The van der Waals surface area contributed by atoms with Crippen molar-refractivity contribution in [3.8, 4) is 0 Å². The number of pyridine rings is 1. The Morgan fingerprint density at radius 3 is 2.93 bits per heavy atom. The van der Waals surface area contributed by atoms with Gasteiger partial charge in [-0.15, -0.1) is 0 Å². The van der Waals surface area contributed by atoms with Crippen molar-refractivity contribution in [2.75, 3.05) is 5.73 Å². The SMILES string of the molecule is CC(C)(O)Cc1cnc2nc(N)sc2c1. The van der Waals surface area contributed by atoms with Crippen molar-refractivity contribution in [1.82, 2.24) is 9.97 Å². The van der Waals surface area contributed by atoms with Crippen molar-refractivity contribution in [1.29, 1.82) is 0 Å². The molecule has 0 bridgehead atoms. The van der Waals surface area contributed by atoms with Crippen LogP contribution in [-0.2, 0) is 6.42 Å². The molecule has 3 N–H and O–H groups in total. The maximum absolute atomic E-state index is 9.68. The van der Waals surface area contributed by atoms with Crippen LogP contribution < -0.4 is 5.73 Å². The van der Waals surface area contributed by atoms with Crippen LogP contribution in [0.1, 0.15) is 19.4 Å². The van der Waals surface area contributed by atoms with Crippen molar-refractivity contribution < 1.29 is 5.11 Å². The Hall–Kier alpha value is -1.20. The number of rotatable bonds is 2. The predicted octanol–water partition coefficient (Wildman–Crippen LogP) is 1.59. The molecule has 2 heterocycles. The van der Waals surface area contributed by atoms with Gasteiger partial charge in [0.2, 0.25) is 0 Å². The molecule has 2 aromatic heterocycles. The largest absolute Gasteiger partial charge is 0.390 e. The molecule has 2 aromatic rings. The van der Waals surface area contributed by atoms with Gasteiger partial charge in [-0.3, -0.25) is 0 Å². The molecule has 0 fully saturated rings. The summed E-state index contributed by atoms with van der Waals surface area (Å²) in [6, 6.07) is 1.98. The quantitative estimate of drug-likeness (QED) is 0.811. The molecule has 5 heteroatoms. The van der Waals surface area contributed by atoms with Gasteiger partial charge >= 0.3 is 0 Å². The molecule has 0 saturated carbocycles. The van der Waals surface area contributed by atoms with E-state index in [1.807, 2.05) is 6.07 Å². The zero-order valence-electron chi connectivity index (χ0n) is 8.69. The first kappa shape index (κ1) is 10.3. The average Bonchev–Trinajstić information content (AvgIpc) is 2.40. The number of aliphatic hydroxyl groups is 1. The van der Waals surface area contributed by atoms with Gasteiger partial charge in [0.1, 0.15) is 0 Å². The molecular weight excluding hydrogens is 210 g/mol. The highest BCUT2D eigenvalue weighted by atomic mass is 32.1. The lowest BCUT2D eigenvalue weighted by molar-refractivity contribution is 0.0809. The van der Waals surface area contributed by atoms with Gasteiger partial charge in [-0.2, -0.15) is 0 Å². The standard InChI is InChI=1S/C10H13N3OS/c1-10(2,14)4-6-3-7-8(12-5-6)13-9(11)15-7/h3,5,14H,4H2,1-2H3,(H2,11,12,13). The minimum atomic E-state index is -0.717. The lowest BCUT2D eigenvalue weighted by Gasteiger charge is -2.16. The molecule has 15 heavy (non-hydrogen) atoms. The van der Waals surface area contributed by atoms with E-state index in [1.165, 1.54) is 11.3 Å². The van der Waals surface area contributed by atoms with Crippen molar-refractivity contribution >= 4 is 26.8 Å². The summed E-state index contributed by atoms with van der Waals surface area (Å²) in [7, 11) is 0. The summed E-state index contributed by atoms with van der Waals surface area (Å²) in [5, 5.41) is 10.2. The molecule has 0 atom stereocenters. The molecule has 0 spiro atoms. The lowest BCUT2D eigenvalue weighted by Crippen LogP contribution is -2.21. The molecule has 0 unspecified atom stereocenters. The number of hydrogen-bond donors (Lipinski definition) is 2. The fourth-order valence-corrected chi connectivity index (χ4v) is 2.23. The van der Waals surface area contributed by atoms with Gasteiger partial charge < -0.3 is 10.8 Å². The van der Waals surface area contributed by atoms with Gasteiger partial charge in [-0.1, -0.05) is 11.3 Å². The average molecular weight is 223 g/mol. The van der Waals surface area contributed by atoms with E-state index < -0.39 is 5.60 Å². The summed E-state index contributed by atoms with van der Waals surface area (Å²) >= 11 is 1.41. The summed E-state index contributed by atoms with van der Waals surface area (Å²) in [5.41, 5.74) is 6.55. The van der Waals surface area contributed by atoms with E-state index in [1.54, 1.807) is 20.0 Å². The smallest absolute Gasteiger partial charge is 0.182 e. The van der Waals surface area contributed by atoms with Crippen LogP contribution in [0, 0.1) is 0 Å². The third-order valence-electron chi connectivity index (χ3n) is 1.96. The maximum atomic E-state index is 9.68. The zero-order valence-corrected chi connectivity index (χ0v) is 9.51. The van der Waals surface area contributed by atoms with Gasteiger partial charge in [-0.05, 0) is 25.5 Å². The van der Waals surface area contributed by atoms with Crippen LogP contribution in [0.5, 0.6) is 0 Å². The third kappa shape index (κ3) is 2.43. The topological polar surface area (TPSA) is 72.0 Å². The van der Waals surface area contributed by atoms with Gasteiger partial charge in [0.15, 0.2) is 10.8 Å². The highest BCUT2D eigenvalue weighted by molar-refractivity contribution is 7.21. The number of fused-ring (bicyclic) bond motifs is 1. The second kappa shape index (κ2) is 3.43. The highest BCUT2D eigenvalue weighted by Crippen LogP contribution is 2.24. The lowest BCUT2D eigenvalue weighted by atomic mass is 10.0. The summed E-state index contributed by atoms with van der Waals surface area (Å²) in [6.07, 6.45) is 2.31. The van der Waals surface area contributed by atoms with Crippen molar-refractivity contribution in [3.63, 3.8) is 0 Å². The number of anilines is 1. The molecule has 2 rings (SSSR count). The van der Waals surface area contributed by atoms with E-state index in [0.717, 1.165) is 10.3 Å². The first-order valence-electron chi connectivity index (χ1n) is 4.67. The van der Waals surface area contributed by atoms with Crippen molar-refractivity contribution in [2.24, 2.45) is 0 Å². The molecule has 0 aliphatic rings. The summed E-state index contributed by atoms with van der Waals surface area (Å²) in [6.45, 7) is 3.55. The third-order valence-corrected chi connectivity index (χ3v) is 2.78. The Balaban J connectivity index is 2.38. The van der Waals surface area contributed by atoms with Crippen molar-refractivity contribution in [2.45, 2.75) is 25.9 Å². The minimum Gasteiger partial charge on any atom is -0.390 e. The molecule has 0 amide bonds. The van der Waals surface area contributed by atoms with E-state index in [4.69, 9.17) is 5.73 Å². The molecule has 4 nitrogen and oxygen atoms in total. The number of nitrogens with two attached hydrogens (primary N) is 1. The van der Waals surface area contributed by atoms with E-state index in [-0.39, 0.29) is 0 Å². The molecule has 0 aliphatic heterocycles. The van der Waals surface area contributed by atoms with E-state index in [0.29, 0.717) is 17.2 Å². The van der Waals surface area contributed by atoms with Crippen LogP contribution in [0.15, 0.2) is 12.3 Å². The van der Waals surface area contributed by atoms with Crippen LogP contribution in [0.2, 0.25) is 0 Å². The summed E-state index contributed by atoms with van der Waals surface area (Å²) in [4.78, 5) is 8.27. The molecular formula is C10H13N3OS. The number of nitrogens with zero attached hydrogens (tertiary/aromatic N) is 2. The Morgan fingerprint density at radius 1 is 1.53 bits per heavy atom.